The molecule has 2 N–H and O–H groups in total. The van der Waals surface area contributed by atoms with Crippen molar-refractivity contribution in [3.05, 3.63) is 29.3 Å². The second kappa shape index (κ2) is 7.39. The lowest BCUT2D eigenvalue weighted by Crippen LogP contribution is -2.33. The van der Waals surface area contributed by atoms with Crippen LogP contribution in [0.15, 0.2) is 18.2 Å². The molecule has 3 nitrogen and oxygen atoms in total. The highest BCUT2D eigenvalue weighted by Crippen LogP contribution is 2.20. The van der Waals surface area contributed by atoms with Crippen molar-refractivity contribution >= 4 is 0 Å². The van der Waals surface area contributed by atoms with Gasteiger partial charge in [-0.25, -0.2) is 0 Å². The van der Waals surface area contributed by atoms with Crippen LogP contribution in [0.2, 0.25) is 0 Å². The van der Waals surface area contributed by atoms with Crippen LogP contribution in [0.1, 0.15) is 25.0 Å². The van der Waals surface area contributed by atoms with E-state index in [9.17, 15) is 5.11 Å². The average Bonchev–Trinajstić information content (AvgIpc) is 2.30. The summed E-state index contributed by atoms with van der Waals surface area (Å²) in [6, 6.07) is 5.97. The van der Waals surface area contributed by atoms with Gasteiger partial charge in [-0.1, -0.05) is 26.0 Å². The molecule has 102 valence electrons. The molecule has 0 bridgehead atoms. The third kappa shape index (κ3) is 5.07. The Balaban J connectivity index is 2.33. The topological polar surface area (TPSA) is 41.5 Å². The second-order valence-corrected chi connectivity index (χ2v) is 5.21. The largest absolute Gasteiger partial charge is 0.491 e. The zero-order chi connectivity index (χ0) is 13.5. The Kier molecular flexibility index (Phi) is 6.16. The summed E-state index contributed by atoms with van der Waals surface area (Å²) >= 11 is 0. The number of aliphatic hydroxyl groups excluding tert-OH is 1. The Morgan fingerprint density at radius 2 is 1.94 bits per heavy atom. The number of rotatable bonds is 7. The third-order valence-corrected chi connectivity index (χ3v) is 2.92. The Labute approximate surface area is 110 Å². The summed E-state index contributed by atoms with van der Waals surface area (Å²) in [5.74, 6) is 1.45. The standard InChI is InChI=1S/C15H25NO2/c1-11(2)8-16-9-14(17)10-18-15-7-5-6-12(3)13(15)4/h5-7,11,14,16-17H,8-10H2,1-4H3. The van der Waals surface area contributed by atoms with Gasteiger partial charge < -0.3 is 15.2 Å². The zero-order valence-electron chi connectivity index (χ0n) is 11.9. The van der Waals surface area contributed by atoms with Crippen LogP contribution in [0.25, 0.3) is 0 Å². The molecule has 1 atom stereocenters. The second-order valence-electron chi connectivity index (χ2n) is 5.21. The van der Waals surface area contributed by atoms with Gasteiger partial charge >= 0.3 is 0 Å². The van der Waals surface area contributed by atoms with Gasteiger partial charge in [-0.3, -0.25) is 0 Å². The summed E-state index contributed by atoms with van der Waals surface area (Å²) in [6.45, 7) is 10.2. The minimum atomic E-state index is -0.469. The van der Waals surface area contributed by atoms with Crippen molar-refractivity contribution in [1.82, 2.24) is 5.32 Å². The van der Waals surface area contributed by atoms with E-state index < -0.39 is 6.10 Å². The van der Waals surface area contributed by atoms with Crippen molar-refractivity contribution in [2.75, 3.05) is 19.7 Å². The fourth-order valence-electron chi connectivity index (χ4n) is 1.66. The molecule has 3 heteroatoms. The lowest BCUT2D eigenvalue weighted by atomic mass is 10.1. The van der Waals surface area contributed by atoms with E-state index in [4.69, 9.17) is 4.74 Å². The number of nitrogens with one attached hydrogen (secondary N) is 1. The molecule has 0 aliphatic carbocycles. The van der Waals surface area contributed by atoms with Crippen LogP contribution in [0.5, 0.6) is 5.75 Å². The van der Waals surface area contributed by atoms with Crippen LogP contribution in [0.3, 0.4) is 0 Å². The highest BCUT2D eigenvalue weighted by Gasteiger charge is 2.07. The van der Waals surface area contributed by atoms with Crippen LogP contribution in [0, 0.1) is 19.8 Å². The SMILES string of the molecule is Cc1cccc(OCC(O)CNCC(C)C)c1C. The van der Waals surface area contributed by atoms with Gasteiger partial charge in [-0.15, -0.1) is 0 Å². The smallest absolute Gasteiger partial charge is 0.122 e. The maximum atomic E-state index is 9.80. The summed E-state index contributed by atoms with van der Waals surface area (Å²) in [4.78, 5) is 0. The molecule has 0 amide bonds. The zero-order valence-corrected chi connectivity index (χ0v) is 11.9. The van der Waals surface area contributed by atoms with E-state index in [1.54, 1.807) is 0 Å². The van der Waals surface area contributed by atoms with Gasteiger partial charge in [-0.2, -0.15) is 0 Å². The van der Waals surface area contributed by atoms with Crippen molar-refractivity contribution in [3.63, 3.8) is 0 Å². The van der Waals surface area contributed by atoms with Crippen molar-refractivity contribution in [2.45, 2.75) is 33.8 Å². The predicted molar refractivity (Wildman–Crippen MR) is 75.1 cm³/mol. The Morgan fingerprint density at radius 3 is 2.61 bits per heavy atom. The normalized spacial score (nSPS) is 12.8. The fourth-order valence-corrected chi connectivity index (χ4v) is 1.66. The number of hydrogen-bond donors (Lipinski definition) is 2. The molecule has 0 radical (unpaired) electrons. The first-order valence-electron chi connectivity index (χ1n) is 6.58. The van der Waals surface area contributed by atoms with Gasteiger partial charge in [-0.05, 0) is 43.5 Å². The summed E-state index contributed by atoms with van der Waals surface area (Å²) in [7, 11) is 0. The first-order chi connectivity index (χ1) is 8.50. The van der Waals surface area contributed by atoms with Crippen molar-refractivity contribution in [1.29, 1.82) is 0 Å². The van der Waals surface area contributed by atoms with E-state index in [0.29, 0.717) is 19.1 Å². The highest BCUT2D eigenvalue weighted by molar-refractivity contribution is 5.38. The van der Waals surface area contributed by atoms with E-state index in [1.807, 2.05) is 19.1 Å². The number of benzene rings is 1. The molecule has 0 aliphatic rings. The lowest BCUT2D eigenvalue weighted by molar-refractivity contribution is 0.105. The molecule has 0 saturated heterocycles. The van der Waals surface area contributed by atoms with Gasteiger partial charge in [0.1, 0.15) is 18.5 Å². The molecular weight excluding hydrogens is 226 g/mol. The van der Waals surface area contributed by atoms with Gasteiger partial charge in [0.15, 0.2) is 0 Å². The molecule has 0 fully saturated rings. The first kappa shape index (κ1) is 15.0. The molecular formula is C15H25NO2. The van der Waals surface area contributed by atoms with Gasteiger partial charge in [0, 0.05) is 6.54 Å². The summed E-state index contributed by atoms with van der Waals surface area (Å²) in [6.07, 6.45) is -0.469. The van der Waals surface area contributed by atoms with Gasteiger partial charge in [0.05, 0.1) is 0 Å². The van der Waals surface area contributed by atoms with Crippen LogP contribution in [-0.2, 0) is 0 Å². The van der Waals surface area contributed by atoms with E-state index >= 15 is 0 Å². The number of ether oxygens (including phenoxy) is 1. The number of hydrogen-bond acceptors (Lipinski definition) is 3. The van der Waals surface area contributed by atoms with Crippen molar-refractivity contribution in [3.8, 4) is 5.75 Å². The minimum absolute atomic E-state index is 0.329. The predicted octanol–water partition coefficient (Wildman–Crippen LogP) is 2.29. The Bertz CT molecular complexity index is 364. The fraction of sp³-hybridized carbons (Fsp3) is 0.600. The van der Waals surface area contributed by atoms with E-state index in [2.05, 4.69) is 32.2 Å². The Hall–Kier alpha value is -1.06. The van der Waals surface area contributed by atoms with Crippen LogP contribution >= 0.6 is 0 Å². The van der Waals surface area contributed by atoms with E-state index in [-0.39, 0.29) is 0 Å². The van der Waals surface area contributed by atoms with Crippen molar-refractivity contribution < 1.29 is 9.84 Å². The van der Waals surface area contributed by atoms with Gasteiger partial charge in [0.2, 0.25) is 0 Å². The van der Waals surface area contributed by atoms with E-state index in [1.165, 1.54) is 5.56 Å². The summed E-state index contributed by atoms with van der Waals surface area (Å²) < 4.78 is 5.65. The lowest BCUT2D eigenvalue weighted by Gasteiger charge is -2.16. The number of aliphatic hydroxyl groups is 1. The molecule has 1 aromatic carbocycles. The van der Waals surface area contributed by atoms with E-state index in [0.717, 1.165) is 17.9 Å². The first-order valence-corrected chi connectivity index (χ1v) is 6.58. The molecule has 1 unspecified atom stereocenters. The number of aryl methyl sites for hydroxylation is 1. The maximum Gasteiger partial charge on any atom is 0.122 e. The van der Waals surface area contributed by atoms with Crippen molar-refractivity contribution in [2.24, 2.45) is 5.92 Å². The molecule has 0 heterocycles. The highest BCUT2D eigenvalue weighted by atomic mass is 16.5. The monoisotopic (exact) mass is 251 g/mol. The quantitative estimate of drug-likeness (QED) is 0.781. The molecule has 1 aromatic rings. The third-order valence-electron chi connectivity index (χ3n) is 2.92. The molecule has 0 aromatic heterocycles. The molecule has 18 heavy (non-hydrogen) atoms. The molecule has 1 rings (SSSR count). The molecule has 0 aliphatic heterocycles. The maximum absolute atomic E-state index is 9.80. The minimum Gasteiger partial charge on any atom is -0.491 e. The van der Waals surface area contributed by atoms with Crippen LogP contribution in [-0.4, -0.2) is 30.9 Å². The van der Waals surface area contributed by atoms with Gasteiger partial charge in [0.25, 0.3) is 0 Å². The molecule has 0 saturated carbocycles. The van der Waals surface area contributed by atoms with Crippen LogP contribution in [0.4, 0.5) is 0 Å². The van der Waals surface area contributed by atoms with Crippen LogP contribution < -0.4 is 10.1 Å². The average molecular weight is 251 g/mol. The summed E-state index contributed by atoms with van der Waals surface area (Å²) in [5, 5.41) is 13.0. The summed E-state index contributed by atoms with van der Waals surface area (Å²) in [5.41, 5.74) is 2.35. The molecule has 0 spiro atoms. The Morgan fingerprint density at radius 1 is 1.22 bits per heavy atom.